The molecule has 0 spiro atoms. The van der Waals surface area contributed by atoms with Gasteiger partial charge in [-0.15, -0.1) is 0 Å². The maximum Gasteiger partial charge on any atom is 0.130 e. The molecule has 2 aromatic rings. The molecule has 0 saturated heterocycles. The largest absolute Gasteiger partial charge is 0.457 e. The van der Waals surface area contributed by atoms with Gasteiger partial charge < -0.3 is 4.74 Å². The average molecular weight is 341 g/mol. The number of fused-ring (bicyclic) bond motifs is 2. The van der Waals surface area contributed by atoms with Gasteiger partial charge in [0.15, 0.2) is 0 Å². The van der Waals surface area contributed by atoms with Gasteiger partial charge in [-0.25, -0.2) is 0 Å². The molecule has 0 amide bonds. The Labute approximate surface area is 150 Å². The first-order chi connectivity index (χ1) is 11.7. The molecule has 2 aromatic carbocycles. The van der Waals surface area contributed by atoms with E-state index in [0.29, 0.717) is 0 Å². The minimum Gasteiger partial charge on any atom is -0.457 e. The Morgan fingerprint density at radius 2 is 1.71 bits per heavy atom. The monoisotopic (exact) mass is 340 g/mol. The van der Waals surface area contributed by atoms with E-state index < -0.39 is 0 Å². The number of benzene rings is 2. The van der Waals surface area contributed by atoms with Crippen molar-refractivity contribution < 1.29 is 4.74 Å². The molecule has 2 aliphatic rings. The lowest BCUT2D eigenvalue weighted by atomic mass is 9.78. The van der Waals surface area contributed by atoms with Gasteiger partial charge in [0.2, 0.25) is 0 Å². The van der Waals surface area contributed by atoms with E-state index >= 15 is 0 Å². The lowest BCUT2D eigenvalue weighted by molar-refractivity contribution is 0.258. The maximum atomic E-state index is 6.25. The summed E-state index contributed by atoms with van der Waals surface area (Å²) in [5.41, 5.74) is 2.42. The number of rotatable bonds is 4. The van der Waals surface area contributed by atoms with Gasteiger partial charge in [-0.05, 0) is 85.8 Å². The van der Waals surface area contributed by atoms with Gasteiger partial charge in [0.05, 0.1) is 0 Å². The van der Waals surface area contributed by atoms with Gasteiger partial charge in [0, 0.05) is 5.02 Å². The number of ether oxygens (including phenoxy) is 1. The molecule has 1 unspecified atom stereocenters. The third kappa shape index (κ3) is 3.47. The molecule has 0 radical (unpaired) electrons. The molecule has 1 nitrogen and oxygen atoms in total. The Morgan fingerprint density at radius 3 is 2.46 bits per heavy atom. The molecule has 0 heterocycles. The molecule has 24 heavy (non-hydrogen) atoms. The van der Waals surface area contributed by atoms with Crippen LogP contribution in [0.3, 0.4) is 0 Å². The third-order valence-electron chi connectivity index (χ3n) is 5.82. The lowest BCUT2D eigenvalue weighted by Crippen LogP contribution is -2.18. The second kappa shape index (κ2) is 6.80. The third-order valence-corrected chi connectivity index (χ3v) is 6.06. The van der Waals surface area contributed by atoms with Gasteiger partial charge in [0.25, 0.3) is 0 Å². The van der Waals surface area contributed by atoms with Crippen LogP contribution in [-0.2, 0) is 6.42 Å². The molecule has 2 bridgehead atoms. The van der Waals surface area contributed by atoms with E-state index in [-0.39, 0.29) is 0 Å². The fourth-order valence-electron chi connectivity index (χ4n) is 4.74. The van der Waals surface area contributed by atoms with Gasteiger partial charge >= 0.3 is 0 Å². The summed E-state index contributed by atoms with van der Waals surface area (Å²) in [5, 5.41) is 0.755. The van der Waals surface area contributed by atoms with E-state index in [0.717, 1.165) is 46.3 Å². The molecular formula is C22H25ClO. The van der Waals surface area contributed by atoms with Crippen molar-refractivity contribution in [3.63, 3.8) is 0 Å². The van der Waals surface area contributed by atoms with Gasteiger partial charge in [-0.3, -0.25) is 0 Å². The van der Waals surface area contributed by atoms with Crippen molar-refractivity contribution in [3.8, 4) is 11.5 Å². The molecular weight excluding hydrogens is 316 g/mol. The second-order valence-electron chi connectivity index (χ2n) is 7.71. The smallest absolute Gasteiger partial charge is 0.130 e. The number of hydrogen-bond donors (Lipinski definition) is 0. The molecule has 2 fully saturated rings. The van der Waals surface area contributed by atoms with E-state index in [4.69, 9.17) is 16.3 Å². The zero-order valence-electron chi connectivity index (χ0n) is 14.3. The summed E-state index contributed by atoms with van der Waals surface area (Å²) >= 11 is 6.06. The van der Waals surface area contributed by atoms with Gasteiger partial charge in [0.1, 0.15) is 11.5 Å². The molecule has 0 N–H and O–H groups in total. The predicted molar refractivity (Wildman–Crippen MR) is 100.0 cm³/mol. The Bertz CT molecular complexity index is 712. The predicted octanol–water partition coefficient (Wildman–Crippen LogP) is 6.81. The SMILES string of the molecule is Cc1cc(Cl)ccc1Oc1ccccc1CC1C[C@H]2CC[C@@H](C1)C2. The molecule has 2 heteroatoms. The summed E-state index contributed by atoms with van der Waals surface area (Å²) in [6, 6.07) is 14.3. The van der Waals surface area contributed by atoms with Crippen LogP contribution in [0.25, 0.3) is 0 Å². The van der Waals surface area contributed by atoms with Crippen molar-refractivity contribution in [2.75, 3.05) is 0 Å². The van der Waals surface area contributed by atoms with Crippen LogP contribution in [0.4, 0.5) is 0 Å². The van der Waals surface area contributed by atoms with Crippen LogP contribution >= 0.6 is 11.6 Å². The molecule has 0 aliphatic heterocycles. The normalized spacial score (nSPS) is 25.7. The molecule has 126 valence electrons. The van der Waals surface area contributed by atoms with Gasteiger partial charge in [-0.1, -0.05) is 42.6 Å². The summed E-state index contributed by atoms with van der Waals surface area (Å²) in [7, 11) is 0. The molecule has 0 aromatic heterocycles. The van der Waals surface area contributed by atoms with Crippen molar-refractivity contribution in [3.05, 3.63) is 58.6 Å². The highest BCUT2D eigenvalue weighted by atomic mass is 35.5. The fourth-order valence-corrected chi connectivity index (χ4v) is 4.97. The van der Waals surface area contributed by atoms with Crippen molar-refractivity contribution in [2.24, 2.45) is 17.8 Å². The van der Waals surface area contributed by atoms with E-state index in [1.807, 2.05) is 25.1 Å². The van der Waals surface area contributed by atoms with E-state index in [1.165, 1.54) is 37.7 Å². The number of para-hydroxylation sites is 1. The Balaban J connectivity index is 1.52. The molecule has 3 atom stereocenters. The summed E-state index contributed by atoms with van der Waals surface area (Å²) in [4.78, 5) is 0. The second-order valence-corrected chi connectivity index (χ2v) is 8.14. The summed E-state index contributed by atoms with van der Waals surface area (Å²) in [5.74, 6) is 4.70. The Morgan fingerprint density at radius 1 is 0.958 bits per heavy atom. The minimum atomic E-state index is 0.755. The van der Waals surface area contributed by atoms with Crippen LogP contribution in [0.1, 0.15) is 43.2 Å². The van der Waals surface area contributed by atoms with Crippen molar-refractivity contribution >= 4 is 11.6 Å². The number of aryl methyl sites for hydroxylation is 1. The van der Waals surface area contributed by atoms with Crippen molar-refractivity contribution in [1.29, 1.82) is 0 Å². The average Bonchev–Trinajstić information content (AvgIpc) is 2.90. The number of hydrogen-bond acceptors (Lipinski definition) is 1. The quantitative estimate of drug-likeness (QED) is 0.594. The first-order valence-corrected chi connectivity index (χ1v) is 9.57. The summed E-state index contributed by atoms with van der Waals surface area (Å²) < 4.78 is 6.25. The van der Waals surface area contributed by atoms with Crippen LogP contribution in [0, 0.1) is 24.7 Å². The highest BCUT2D eigenvalue weighted by molar-refractivity contribution is 6.30. The standard InChI is InChI=1S/C22H25ClO/c1-15-10-20(23)8-9-21(15)24-22-5-3-2-4-19(22)14-18-12-16-6-7-17(11-16)13-18/h2-5,8-10,16-18H,6-7,11-14H2,1H3/t16-,17+,18?. The van der Waals surface area contributed by atoms with Crippen LogP contribution in [0.2, 0.25) is 5.02 Å². The molecule has 2 saturated carbocycles. The van der Waals surface area contributed by atoms with Crippen molar-refractivity contribution in [1.82, 2.24) is 0 Å². The topological polar surface area (TPSA) is 9.23 Å². The zero-order valence-corrected chi connectivity index (χ0v) is 15.1. The van der Waals surface area contributed by atoms with Crippen LogP contribution in [-0.4, -0.2) is 0 Å². The van der Waals surface area contributed by atoms with Crippen LogP contribution < -0.4 is 4.74 Å². The minimum absolute atomic E-state index is 0.755. The lowest BCUT2D eigenvalue weighted by Gasteiger charge is -2.28. The van der Waals surface area contributed by atoms with Crippen LogP contribution in [0.15, 0.2) is 42.5 Å². The highest BCUT2D eigenvalue weighted by Crippen LogP contribution is 2.46. The summed E-state index contributed by atoms with van der Waals surface area (Å²) in [6.07, 6.45) is 8.37. The first-order valence-electron chi connectivity index (χ1n) is 9.19. The van der Waals surface area contributed by atoms with E-state index in [1.54, 1.807) is 0 Å². The van der Waals surface area contributed by atoms with Crippen molar-refractivity contribution in [2.45, 2.75) is 45.4 Å². The number of halogens is 1. The highest BCUT2D eigenvalue weighted by Gasteiger charge is 2.34. The Hall–Kier alpha value is -1.47. The maximum absolute atomic E-state index is 6.25. The summed E-state index contributed by atoms with van der Waals surface area (Å²) in [6.45, 7) is 2.04. The first kappa shape index (κ1) is 16.0. The zero-order chi connectivity index (χ0) is 16.5. The Kier molecular flexibility index (Phi) is 4.54. The van der Waals surface area contributed by atoms with Gasteiger partial charge in [-0.2, -0.15) is 0 Å². The van der Waals surface area contributed by atoms with E-state index in [9.17, 15) is 0 Å². The molecule has 2 aliphatic carbocycles. The van der Waals surface area contributed by atoms with Crippen LogP contribution in [0.5, 0.6) is 11.5 Å². The van der Waals surface area contributed by atoms with E-state index in [2.05, 4.69) is 24.3 Å². The fraction of sp³-hybridized carbons (Fsp3) is 0.455. The molecule has 4 rings (SSSR count).